The third kappa shape index (κ3) is 5.55. The van der Waals surface area contributed by atoms with Crippen molar-refractivity contribution < 1.29 is 14.0 Å². The molecule has 0 bridgehead atoms. The summed E-state index contributed by atoms with van der Waals surface area (Å²) in [6.07, 6.45) is -0.212. The van der Waals surface area contributed by atoms with E-state index in [2.05, 4.69) is 5.32 Å². The Labute approximate surface area is 170 Å². The van der Waals surface area contributed by atoms with E-state index in [-0.39, 0.29) is 41.4 Å². The van der Waals surface area contributed by atoms with Crippen molar-refractivity contribution >= 4 is 23.4 Å². The van der Waals surface area contributed by atoms with Gasteiger partial charge in [0.2, 0.25) is 11.8 Å². The molecule has 0 saturated heterocycles. The molecule has 1 atom stereocenters. The van der Waals surface area contributed by atoms with Crippen LogP contribution in [-0.4, -0.2) is 28.8 Å². The van der Waals surface area contributed by atoms with E-state index in [4.69, 9.17) is 11.6 Å². The molecule has 0 aliphatic heterocycles. The molecule has 28 heavy (non-hydrogen) atoms. The first-order chi connectivity index (χ1) is 13.2. The van der Waals surface area contributed by atoms with Crippen LogP contribution >= 0.6 is 11.6 Å². The Morgan fingerprint density at radius 1 is 1.11 bits per heavy atom. The number of rotatable bonds is 7. The molecule has 2 amide bonds. The maximum atomic E-state index is 14.2. The highest BCUT2D eigenvalue weighted by molar-refractivity contribution is 6.31. The second kappa shape index (κ2) is 9.69. The van der Waals surface area contributed by atoms with Crippen LogP contribution in [0, 0.1) is 12.7 Å². The van der Waals surface area contributed by atoms with Gasteiger partial charge in [0.05, 0.1) is 6.42 Å². The lowest BCUT2D eigenvalue weighted by molar-refractivity contribution is -0.140. The van der Waals surface area contributed by atoms with Crippen molar-refractivity contribution in [2.75, 3.05) is 0 Å². The molecule has 150 valence electrons. The number of hydrogen-bond acceptors (Lipinski definition) is 2. The van der Waals surface area contributed by atoms with Crippen molar-refractivity contribution in [3.05, 3.63) is 70.0 Å². The molecule has 2 rings (SSSR count). The molecule has 0 fully saturated rings. The van der Waals surface area contributed by atoms with Gasteiger partial charge in [0.1, 0.15) is 11.9 Å². The smallest absolute Gasteiger partial charge is 0.242 e. The van der Waals surface area contributed by atoms with Crippen LogP contribution in [0.1, 0.15) is 37.5 Å². The first kappa shape index (κ1) is 21.9. The van der Waals surface area contributed by atoms with Gasteiger partial charge in [0.15, 0.2) is 0 Å². The molecule has 0 aliphatic carbocycles. The first-order valence-electron chi connectivity index (χ1n) is 9.28. The quantitative estimate of drug-likeness (QED) is 0.749. The van der Waals surface area contributed by atoms with Gasteiger partial charge >= 0.3 is 0 Å². The Balaban J connectivity index is 2.32. The van der Waals surface area contributed by atoms with Crippen molar-refractivity contribution in [1.82, 2.24) is 10.2 Å². The zero-order chi connectivity index (χ0) is 20.8. The molecular weight excluding hydrogens is 379 g/mol. The maximum absolute atomic E-state index is 14.2. The van der Waals surface area contributed by atoms with Crippen LogP contribution in [-0.2, 0) is 22.6 Å². The van der Waals surface area contributed by atoms with E-state index in [0.717, 1.165) is 11.1 Å². The minimum Gasteiger partial charge on any atom is -0.352 e. The Morgan fingerprint density at radius 2 is 1.79 bits per heavy atom. The molecule has 0 heterocycles. The number of benzene rings is 2. The zero-order valence-electron chi connectivity index (χ0n) is 16.6. The Kier molecular flexibility index (Phi) is 7.58. The van der Waals surface area contributed by atoms with Gasteiger partial charge in [-0.15, -0.1) is 0 Å². The second-order valence-corrected chi connectivity index (χ2v) is 7.57. The average Bonchev–Trinajstić information content (AvgIpc) is 2.63. The van der Waals surface area contributed by atoms with Crippen molar-refractivity contribution in [3.8, 4) is 0 Å². The monoisotopic (exact) mass is 404 g/mol. The van der Waals surface area contributed by atoms with Gasteiger partial charge in [0.25, 0.3) is 0 Å². The summed E-state index contributed by atoms with van der Waals surface area (Å²) in [6, 6.07) is 11.2. The van der Waals surface area contributed by atoms with Gasteiger partial charge in [-0.05, 0) is 51.0 Å². The predicted octanol–water partition coefficient (Wildman–Crippen LogP) is 4.27. The summed E-state index contributed by atoms with van der Waals surface area (Å²) >= 11 is 6.08. The third-order valence-electron chi connectivity index (χ3n) is 4.59. The lowest BCUT2D eigenvalue weighted by Crippen LogP contribution is -2.49. The topological polar surface area (TPSA) is 49.4 Å². The SMILES string of the molecule is Cc1ccccc1CN(C(=O)Cc1c(F)cccc1Cl)[C@@H](C)C(=O)NC(C)C. The first-order valence-corrected chi connectivity index (χ1v) is 9.65. The van der Waals surface area contributed by atoms with Gasteiger partial charge in [0, 0.05) is 23.2 Å². The number of halogens is 2. The van der Waals surface area contributed by atoms with E-state index in [9.17, 15) is 14.0 Å². The van der Waals surface area contributed by atoms with Crippen molar-refractivity contribution in [2.24, 2.45) is 0 Å². The molecule has 2 aromatic carbocycles. The normalized spacial score (nSPS) is 12.0. The fraction of sp³-hybridized carbons (Fsp3) is 0.364. The van der Waals surface area contributed by atoms with Crippen LogP contribution in [0.25, 0.3) is 0 Å². The third-order valence-corrected chi connectivity index (χ3v) is 4.94. The lowest BCUT2D eigenvalue weighted by Gasteiger charge is -2.30. The van der Waals surface area contributed by atoms with E-state index in [1.807, 2.05) is 45.0 Å². The highest BCUT2D eigenvalue weighted by Crippen LogP contribution is 2.22. The van der Waals surface area contributed by atoms with Crippen LogP contribution in [0.2, 0.25) is 5.02 Å². The lowest BCUT2D eigenvalue weighted by atomic mass is 10.1. The number of nitrogens with one attached hydrogen (secondary N) is 1. The maximum Gasteiger partial charge on any atom is 0.242 e. The minimum atomic E-state index is -0.708. The molecular formula is C22H26ClFN2O2. The second-order valence-electron chi connectivity index (χ2n) is 7.16. The Morgan fingerprint density at radius 3 is 2.39 bits per heavy atom. The molecule has 4 nitrogen and oxygen atoms in total. The number of hydrogen-bond donors (Lipinski definition) is 1. The Hall–Kier alpha value is -2.40. The molecule has 2 aromatic rings. The summed E-state index contributed by atoms with van der Waals surface area (Å²) < 4.78 is 14.2. The van der Waals surface area contributed by atoms with Crippen molar-refractivity contribution in [3.63, 3.8) is 0 Å². The summed E-state index contributed by atoms with van der Waals surface area (Å²) in [6.45, 7) is 7.60. The number of carbonyl (C=O) groups excluding carboxylic acids is 2. The van der Waals surface area contributed by atoms with E-state index >= 15 is 0 Å². The molecule has 0 aliphatic rings. The van der Waals surface area contributed by atoms with Gasteiger partial charge in [-0.2, -0.15) is 0 Å². The number of amides is 2. The van der Waals surface area contributed by atoms with Crippen LogP contribution < -0.4 is 5.32 Å². The van der Waals surface area contributed by atoms with E-state index in [0.29, 0.717) is 0 Å². The highest BCUT2D eigenvalue weighted by Gasteiger charge is 2.28. The fourth-order valence-corrected chi connectivity index (χ4v) is 3.14. The van der Waals surface area contributed by atoms with E-state index < -0.39 is 11.9 Å². The van der Waals surface area contributed by atoms with E-state index in [1.54, 1.807) is 13.0 Å². The molecule has 0 radical (unpaired) electrons. The largest absolute Gasteiger partial charge is 0.352 e. The summed E-state index contributed by atoms with van der Waals surface area (Å²) in [4.78, 5) is 27.1. The highest BCUT2D eigenvalue weighted by atomic mass is 35.5. The molecule has 1 N–H and O–H groups in total. The van der Waals surface area contributed by atoms with Crippen LogP contribution in [0.3, 0.4) is 0 Å². The van der Waals surface area contributed by atoms with Crippen molar-refractivity contribution in [1.29, 1.82) is 0 Å². The number of aryl methyl sites for hydroxylation is 1. The van der Waals surface area contributed by atoms with E-state index in [1.165, 1.54) is 17.0 Å². The molecule has 0 spiro atoms. The van der Waals surface area contributed by atoms with Crippen LogP contribution in [0.4, 0.5) is 4.39 Å². The van der Waals surface area contributed by atoms with Gasteiger partial charge in [-0.25, -0.2) is 4.39 Å². The average molecular weight is 405 g/mol. The predicted molar refractivity (Wildman–Crippen MR) is 110 cm³/mol. The molecule has 6 heteroatoms. The van der Waals surface area contributed by atoms with Gasteiger partial charge < -0.3 is 10.2 Å². The van der Waals surface area contributed by atoms with Gasteiger partial charge in [-0.1, -0.05) is 41.9 Å². The van der Waals surface area contributed by atoms with Crippen molar-refractivity contribution in [2.45, 2.75) is 52.7 Å². The van der Waals surface area contributed by atoms with Crippen LogP contribution in [0.15, 0.2) is 42.5 Å². The summed E-state index contributed by atoms with van der Waals surface area (Å²) in [5.74, 6) is -1.14. The number of nitrogens with zero attached hydrogens (tertiary/aromatic N) is 1. The van der Waals surface area contributed by atoms with Crippen LogP contribution in [0.5, 0.6) is 0 Å². The summed E-state index contributed by atoms with van der Waals surface area (Å²) in [7, 11) is 0. The fourth-order valence-electron chi connectivity index (χ4n) is 2.91. The summed E-state index contributed by atoms with van der Waals surface area (Å²) in [5, 5.41) is 3.03. The standard InChI is InChI=1S/C22H26ClFN2O2/c1-14(2)25-22(28)16(4)26(13-17-9-6-5-8-15(17)3)21(27)12-18-19(23)10-7-11-20(18)24/h5-11,14,16H,12-13H2,1-4H3,(H,25,28)/t16-/m0/s1. The molecule has 0 aromatic heterocycles. The number of carbonyl (C=O) groups is 2. The Bertz CT molecular complexity index is 834. The summed E-state index contributed by atoms with van der Waals surface area (Å²) in [5.41, 5.74) is 2.08. The zero-order valence-corrected chi connectivity index (χ0v) is 17.4. The van der Waals surface area contributed by atoms with Gasteiger partial charge in [-0.3, -0.25) is 9.59 Å². The molecule has 0 saturated carbocycles. The minimum absolute atomic E-state index is 0.0497. The molecule has 0 unspecified atom stereocenters.